The SMILES string of the molecule is O=C(CCNCC(F)F)N1CCCC1. The maximum Gasteiger partial charge on any atom is 0.250 e. The summed E-state index contributed by atoms with van der Waals surface area (Å²) in [7, 11) is 0. The first-order valence-electron chi connectivity index (χ1n) is 4.97. The molecule has 1 aliphatic rings. The number of halogens is 2. The topological polar surface area (TPSA) is 32.3 Å². The minimum atomic E-state index is -2.34. The molecular formula is C9H16F2N2O. The van der Waals surface area contributed by atoms with Gasteiger partial charge in [0.05, 0.1) is 6.54 Å². The van der Waals surface area contributed by atoms with Gasteiger partial charge in [-0.3, -0.25) is 4.79 Å². The molecule has 1 aliphatic heterocycles. The Morgan fingerprint density at radius 3 is 2.57 bits per heavy atom. The highest BCUT2D eigenvalue weighted by Crippen LogP contribution is 2.08. The summed E-state index contributed by atoms with van der Waals surface area (Å²) in [6, 6.07) is 0. The van der Waals surface area contributed by atoms with Crippen molar-refractivity contribution in [1.82, 2.24) is 10.2 Å². The molecule has 5 heteroatoms. The second-order valence-corrected chi connectivity index (χ2v) is 3.43. The fourth-order valence-corrected chi connectivity index (χ4v) is 1.53. The molecule has 1 rings (SSSR count). The highest BCUT2D eigenvalue weighted by Gasteiger charge is 2.16. The summed E-state index contributed by atoms with van der Waals surface area (Å²) < 4.78 is 23.4. The van der Waals surface area contributed by atoms with Crippen LogP contribution in [0.15, 0.2) is 0 Å². The Hall–Kier alpha value is -0.710. The lowest BCUT2D eigenvalue weighted by molar-refractivity contribution is -0.130. The third-order valence-electron chi connectivity index (χ3n) is 2.27. The van der Waals surface area contributed by atoms with Crippen molar-refractivity contribution in [3.8, 4) is 0 Å². The van der Waals surface area contributed by atoms with Gasteiger partial charge in [0.15, 0.2) is 0 Å². The fraction of sp³-hybridized carbons (Fsp3) is 0.889. The van der Waals surface area contributed by atoms with Crippen LogP contribution in [-0.2, 0) is 4.79 Å². The van der Waals surface area contributed by atoms with Gasteiger partial charge in [-0.15, -0.1) is 0 Å². The average Bonchev–Trinajstić information content (AvgIpc) is 2.64. The first-order valence-corrected chi connectivity index (χ1v) is 4.97. The average molecular weight is 206 g/mol. The quantitative estimate of drug-likeness (QED) is 0.676. The number of carbonyl (C=O) groups excluding carboxylic acids is 1. The van der Waals surface area contributed by atoms with Gasteiger partial charge in [-0.2, -0.15) is 0 Å². The molecule has 1 N–H and O–H groups in total. The molecule has 0 spiro atoms. The van der Waals surface area contributed by atoms with Gasteiger partial charge in [-0.25, -0.2) is 8.78 Å². The molecular weight excluding hydrogens is 190 g/mol. The smallest absolute Gasteiger partial charge is 0.250 e. The van der Waals surface area contributed by atoms with Crippen molar-refractivity contribution >= 4 is 5.91 Å². The zero-order chi connectivity index (χ0) is 10.4. The Kier molecular flexibility index (Phi) is 4.79. The summed E-state index contributed by atoms with van der Waals surface area (Å²) in [4.78, 5) is 13.2. The molecule has 0 aromatic carbocycles. The minimum absolute atomic E-state index is 0.0734. The second-order valence-electron chi connectivity index (χ2n) is 3.43. The first-order chi connectivity index (χ1) is 6.70. The lowest BCUT2D eigenvalue weighted by Gasteiger charge is -2.14. The predicted octanol–water partition coefficient (Wildman–Crippen LogP) is 0.854. The molecule has 82 valence electrons. The zero-order valence-electron chi connectivity index (χ0n) is 8.14. The molecule has 0 radical (unpaired) electrons. The first kappa shape index (κ1) is 11.4. The molecule has 0 saturated carbocycles. The van der Waals surface area contributed by atoms with E-state index < -0.39 is 6.43 Å². The van der Waals surface area contributed by atoms with Gasteiger partial charge in [-0.1, -0.05) is 0 Å². The molecule has 0 aromatic rings. The summed E-state index contributed by atoms with van der Waals surface area (Å²) in [5.41, 5.74) is 0. The number of nitrogens with one attached hydrogen (secondary N) is 1. The van der Waals surface area contributed by atoms with Crippen LogP contribution in [0.4, 0.5) is 8.78 Å². The van der Waals surface area contributed by atoms with E-state index >= 15 is 0 Å². The number of amides is 1. The Morgan fingerprint density at radius 2 is 2.00 bits per heavy atom. The Bertz CT molecular complexity index is 182. The number of rotatable bonds is 5. The Morgan fingerprint density at radius 1 is 1.36 bits per heavy atom. The highest BCUT2D eigenvalue weighted by molar-refractivity contribution is 5.76. The van der Waals surface area contributed by atoms with E-state index in [0.717, 1.165) is 25.9 Å². The Balaban J connectivity index is 2.03. The zero-order valence-corrected chi connectivity index (χ0v) is 8.14. The lowest BCUT2D eigenvalue weighted by Crippen LogP contribution is -2.31. The van der Waals surface area contributed by atoms with Crippen LogP contribution in [0, 0.1) is 0 Å². The number of carbonyl (C=O) groups is 1. The van der Waals surface area contributed by atoms with Crippen LogP contribution in [0.3, 0.4) is 0 Å². The predicted molar refractivity (Wildman–Crippen MR) is 49.3 cm³/mol. The summed E-state index contributed by atoms with van der Waals surface area (Å²) in [5, 5.41) is 2.54. The third-order valence-corrected chi connectivity index (χ3v) is 2.27. The van der Waals surface area contributed by atoms with Crippen LogP contribution in [-0.4, -0.2) is 43.4 Å². The van der Waals surface area contributed by atoms with Gasteiger partial charge in [0.2, 0.25) is 5.91 Å². The molecule has 3 nitrogen and oxygen atoms in total. The number of hydrogen-bond acceptors (Lipinski definition) is 2. The number of nitrogens with zero attached hydrogens (tertiary/aromatic N) is 1. The van der Waals surface area contributed by atoms with Crippen LogP contribution < -0.4 is 5.32 Å². The number of hydrogen-bond donors (Lipinski definition) is 1. The molecule has 1 fully saturated rings. The van der Waals surface area contributed by atoms with E-state index in [-0.39, 0.29) is 12.5 Å². The van der Waals surface area contributed by atoms with Crippen molar-refractivity contribution < 1.29 is 13.6 Å². The summed E-state index contributed by atoms with van der Waals surface area (Å²) in [5.74, 6) is 0.0734. The van der Waals surface area contributed by atoms with Crippen molar-refractivity contribution in [2.75, 3.05) is 26.2 Å². The molecule has 0 atom stereocenters. The van der Waals surface area contributed by atoms with Gasteiger partial charge < -0.3 is 10.2 Å². The van der Waals surface area contributed by atoms with Crippen LogP contribution in [0.1, 0.15) is 19.3 Å². The van der Waals surface area contributed by atoms with E-state index in [4.69, 9.17) is 0 Å². The number of likely N-dealkylation sites (tertiary alicyclic amines) is 1. The van der Waals surface area contributed by atoms with Gasteiger partial charge in [0.25, 0.3) is 6.43 Å². The number of alkyl halides is 2. The summed E-state index contributed by atoms with van der Waals surface area (Å²) in [6.45, 7) is 1.67. The summed E-state index contributed by atoms with van der Waals surface area (Å²) >= 11 is 0. The maximum atomic E-state index is 11.7. The Labute approximate surface area is 82.5 Å². The van der Waals surface area contributed by atoms with E-state index in [2.05, 4.69) is 5.32 Å². The monoisotopic (exact) mass is 206 g/mol. The fourth-order valence-electron chi connectivity index (χ4n) is 1.53. The van der Waals surface area contributed by atoms with Gasteiger partial charge >= 0.3 is 0 Å². The van der Waals surface area contributed by atoms with E-state index in [0.29, 0.717) is 13.0 Å². The molecule has 14 heavy (non-hydrogen) atoms. The van der Waals surface area contributed by atoms with E-state index in [1.54, 1.807) is 4.90 Å². The van der Waals surface area contributed by atoms with Crippen molar-refractivity contribution in [3.05, 3.63) is 0 Å². The lowest BCUT2D eigenvalue weighted by atomic mass is 10.3. The van der Waals surface area contributed by atoms with Gasteiger partial charge in [-0.05, 0) is 12.8 Å². The van der Waals surface area contributed by atoms with E-state index in [9.17, 15) is 13.6 Å². The standard InChI is InChI=1S/C9H16F2N2O/c10-8(11)7-12-4-3-9(14)13-5-1-2-6-13/h8,12H,1-7H2. The van der Waals surface area contributed by atoms with E-state index in [1.165, 1.54) is 0 Å². The second kappa shape index (κ2) is 5.90. The van der Waals surface area contributed by atoms with Crippen molar-refractivity contribution in [3.63, 3.8) is 0 Å². The molecule has 0 unspecified atom stereocenters. The van der Waals surface area contributed by atoms with Gasteiger partial charge in [0.1, 0.15) is 0 Å². The largest absolute Gasteiger partial charge is 0.343 e. The van der Waals surface area contributed by atoms with Crippen LogP contribution in [0.5, 0.6) is 0 Å². The van der Waals surface area contributed by atoms with Crippen molar-refractivity contribution in [2.24, 2.45) is 0 Å². The third kappa shape index (κ3) is 4.00. The van der Waals surface area contributed by atoms with Crippen LogP contribution in [0.2, 0.25) is 0 Å². The molecule has 0 aromatic heterocycles. The molecule has 0 bridgehead atoms. The molecule has 1 heterocycles. The normalized spacial score (nSPS) is 16.6. The molecule has 1 saturated heterocycles. The van der Waals surface area contributed by atoms with Crippen LogP contribution >= 0.6 is 0 Å². The minimum Gasteiger partial charge on any atom is -0.343 e. The van der Waals surface area contributed by atoms with Crippen molar-refractivity contribution in [1.29, 1.82) is 0 Å². The molecule has 0 aliphatic carbocycles. The highest BCUT2D eigenvalue weighted by atomic mass is 19.3. The van der Waals surface area contributed by atoms with Crippen LogP contribution in [0.25, 0.3) is 0 Å². The van der Waals surface area contributed by atoms with Crippen molar-refractivity contribution in [2.45, 2.75) is 25.7 Å². The van der Waals surface area contributed by atoms with Gasteiger partial charge in [0, 0.05) is 26.1 Å². The maximum absolute atomic E-state index is 11.7. The summed E-state index contributed by atoms with van der Waals surface area (Å²) in [6.07, 6.45) is 0.121. The molecule has 1 amide bonds. The van der Waals surface area contributed by atoms with E-state index in [1.807, 2.05) is 0 Å².